The van der Waals surface area contributed by atoms with E-state index in [0.29, 0.717) is 16.5 Å². The van der Waals surface area contributed by atoms with E-state index < -0.39 is 18.1 Å². The maximum atomic E-state index is 13.5. The molecule has 0 bridgehead atoms. The van der Waals surface area contributed by atoms with Crippen molar-refractivity contribution in [1.29, 1.82) is 0 Å². The van der Waals surface area contributed by atoms with Gasteiger partial charge in [0.05, 0.1) is 22.9 Å². The molecular formula is C22H21F3N4O. The summed E-state index contributed by atoms with van der Waals surface area (Å²) < 4.78 is 40.6. The van der Waals surface area contributed by atoms with Crippen LogP contribution in [0, 0.1) is 0 Å². The van der Waals surface area contributed by atoms with Crippen molar-refractivity contribution < 1.29 is 18.0 Å². The Hall–Kier alpha value is -3.16. The van der Waals surface area contributed by atoms with Crippen molar-refractivity contribution in [2.45, 2.75) is 37.9 Å². The van der Waals surface area contributed by atoms with Gasteiger partial charge in [-0.1, -0.05) is 12.1 Å². The normalized spacial score (nSPS) is 15.1. The molecule has 1 amide bonds. The van der Waals surface area contributed by atoms with Crippen LogP contribution >= 0.6 is 0 Å². The third-order valence-electron chi connectivity index (χ3n) is 5.35. The molecule has 0 spiro atoms. The lowest BCUT2D eigenvalue weighted by Crippen LogP contribution is -2.38. The van der Waals surface area contributed by atoms with Crippen molar-refractivity contribution in [3.8, 4) is 0 Å². The number of hydrogen-bond donors (Lipinski definition) is 1. The number of carbonyl (C=O) groups is 1. The van der Waals surface area contributed by atoms with Gasteiger partial charge in [0, 0.05) is 31.4 Å². The van der Waals surface area contributed by atoms with E-state index in [0.717, 1.165) is 49.1 Å². The van der Waals surface area contributed by atoms with E-state index in [9.17, 15) is 18.0 Å². The molecule has 8 heteroatoms. The third-order valence-corrected chi connectivity index (χ3v) is 5.35. The lowest BCUT2D eigenvalue weighted by atomic mass is 10.0. The zero-order chi connectivity index (χ0) is 21.5. The van der Waals surface area contributed by atoms with Crippen LogP contribution in [0.4, 0.5) is 24.5 Å². The Bertz CT molecular complexity index is 1080. The van der Waals surface area contributed by atoms with Gasteiger partial charge < -0.3 is 10.2 Å². The molecule has 5 nitrogen and oxygen atoms in total. The fourth-order valence-electron chi connectivity index (χ4n) is 3.64. The number of fused-ring (bicyclic) bond motifs is 1. The molecule has 156 valence electrons. The van der Waals surface area contributed by atoms with Gasteiger partial charge in [-0.05, 0) is 48.6 Å². The van der Waals surface area contributed by atoms with Crippen molar-refractivity contribution in [2.75, 3.05) is 12.4 Å². The van der Waals surface area contributed by atoms with E-state index in [1.165, 1.54) is 12.1 Å². The minimum absolute atomic E-state index is 0.00599. The molecule has 4 rings (SSSR count). The third kappa shape index (κ3) is 3.94. The van der Waals surface area contributed by atoms with Crippen molar-refractivity contribution >= 4 is 28.3 Å². The molecule has 1 fully saturated rings. The summed E-state index contributed by atoms with van der Waals surface area (Å²) in [5.74, 6) is -0.241. The Labute approximate surface area is 171 Å². The minimum atomic E-state index is -4.57. The molecule has 3 aromatic rings. The average Bonchev–Trinajstić information content (AvgIpc) is 3.53. The first-order valence-electron chi connectivity index (χ1n) is 9.66. The van der Waals surface area contributed by atoms with Crippen molar-refractivity contribution in [3.63, 3.8) is 0 Å². The van der Waals surface area contributed by atoms with E-state index in [4.69, 9.17) is 0 Å². The molecule has 0 radical (unpaired) electrons. The van der Waals surface area contributed by atoms with Crippen LogP contribution in [0.3, 0.4) is 0 Å². The van der Waals surface area contributed by atoms with E-state index in [-0.39, 0.29) is 5.56 Å². The van der Waals surface area contributed by atoms with Crippen LogP contribution in [0.5, 0.6) is 0 Å². The zero-order valence-corrected chi connectivity index (χ0v) is 16.6. The summed E-state index contributed by atoms with van der Waals surface area (Å²) in [5.41, 5.74) is 4.22. The lowest BCUT2D eigenvalue weighted by molar-refractivity contribution is -0.188. The predicted octanol–water partition coefficient (Wildman–Crippen LogP) is 5.33. The number of amides is 1. The van der Waals surface area contributed by atoms with Gasteiger partial charge in [0.25, 0.3) is 0 Å². The van der Waals surface area contributed by atoms with Gasteiger partial charge in [0.2, 0.25) is 5.91 Å². The Morgan fingerprint density at radius 3 is 2.47 bits per heavy atom. The Kier molecular flexibility index (Phi) is 5.09. The van der Waals surface area contributed by atoms with Gasteiger partial charge in [-0.25, -0.2) is 0 Å². The number of carbonyl (C=O) groups excluding carboxylic acids is 1. The second-order valence-electron chi connectivity index (χ2n) is 7.55. The molecule has 1 aromatic carbocycles. The zero-order valence-electron chi connectivity index (χ0n) is 16.6. The SMILES string of the molecule is CC(=O)N(C)C(c1ccc(Nc2cnc3cccnc3c2C2CC2)cc1)C(F)(F)F. The highest BCUT2D eigenvalue weighted by Gasteiger charge is 2.44. The molecule has 1 aliphatic carbocycles. The molecule has 1 atom stereocenters. The maximum absolute atomic E-state index is 13.5. The highest BCUT2D eigenvalue weighted by molar-refractivity contribution is 5.85. The van der Waals surface area contributed by atoms with Gasteiger partial charge >= 0.3 is 6.18 Å². The highest BCUT2D eigenvalue weighted by Crippen LogP contribution is 2.46. The number of alkyl halides is 3. The number of nitrogens with one attached hydrogen (secondary N) is 1. The molecule has 1 N–H and O–H groups in total. The van der Waals surface area contributed by atoms with Crippen LogP contribution < -0.4 is 5.32 Å². The molecule has 30 heavy (non-hydrogen) atoms. The smallest absolute Gasteiger partial charge is 0.354 e. The summed E-state index contributed by atoms with van der Waals surface area (Å²) >= 11 is 0. The quantitative estimate of drug-likeness (QED) is 0.613. The number of aromatic nitrogens is 2. The first-order chi connectivity index (χ1) is 14.3. The summed E-state index contributed by atoms with van der Waals surface area (Å²) in [4.78, 5) is 21.2. The van der Waals surface area contributed by atoms with Gasteiger partial charge in [-0.15, -0.1) is 0 Å². The molecule has 0 saturated heterocycles. The van der Waals surface area contributed by atoms with Gasteiger partial charge in [0.15, 0.2) is 6.04 Å². The van der Waals surface area contributed by atoms with Gasteiger partial charge in [-0.2, -0.15) is 13.2 Å². The molecule has 1 aliphatic rings. The Balaban J connectivity index is 1.64. The fourth-order valence-corrected chi connectivity index (χ4v) is 3.64. The molecule has 1 unspecified atom stereocenters. The number of hydrogen-bond acceptors (Lipinski definition) is 4. The summed E-state index contributed by atoms with van der Waals surface area (Å²) in [7, 11) is 1.16. The van der Waals surface area contributed by atoms with Crippen molar-refractivity contribution in [2.24, 2.45) is 0 Å². The number of halogens is 3. The summed E-state index contributed by atoms with van der Waals surface area (Å²) in [6, 6.07) is 7.72. The van der Waals surface area contributed by atoms with Crippen LogP contribution in [0.15, 0.2) is 48.8 Å². The fraction of sp³-hybridized carbons (Fsp3) is 0.318. The van der Waals surface area contributed by atoms with Crippen LogP contribution in [-0.2, 0) is 4.79 Å². The van der Waals surface area contributed by atoms with Crippen LogP contribution in [0.1, 0.15) is 42.9 Å². The molecular weight excluding hydrogens is 393 g/mol. The Morgan fingerprint density at radius 1 is 1.17 bits per heavy atom. The van der Waals surface area contributed by atoms with E-state index >= 15 is 0 Å². The lowest BCUT2D eigenvalue weighted by Gasteiger charge is -2.29. The van der Waals surface area contributed by atoms with Gasteiger partial charge in [-0.3, -0.25) is 14.8 Å². The Morgan fingerprint density at radius 2 is 1.87 bits per heavy atom. The number of anilines is 2. The molecule has 1 saturated carbocycles. The standard InChI is InChI=1S/C22H21F3N4O/c1-13(30)29(2)21(22(23,24)25)15-7-9-16(10-8-15)28-18-12-27-17-4-3-11-26-20(17)19(18)14-5-6-14/h3-4,7-12,14,21,28H,5-6H2,1-2H3. The average molecular weight is 414 g/mol. The monoisotopic (exact) mass is 414 g/mol. The van der Waals surface area contributed by atoms with Crippen LogP contribution in [0.2, 0.25) is 0 Å². The van der Waals surface area contributed by atoms with Crippen LogP contribution in [0.25, 0.3) is 11.0 Å². The number of benzene rings is 1. The van der Waals surface area contributed by atoms with Gasteiger partial charge in [0.1, 0.15) is 0 Å². The van der Waals surface area contributed by atoms with E-state index in [1.807, 2.05) is 12.1 Å². The summed E-state index contributed by atoms with van der Waals surface area (Å²) in [5, 5.41) is 3.28. The van der Waals surface area contributed by atoms with E-state index in [1.54, 1.807) is 24.5 Å². The number of rotatable bonds is 5. The molecule has 2 aromatic heterocycles. The largest absolute Gasteiger partial charge is 0.413 e. The first kappa shape index (κ1) is 20.1. The van der Waals surface area contributed by atoms with Crippen LogP contribution in [-0.4, -0.2) is 34.0 Å². The minimum Gasteiger partial charge on any atom is -0.354 e. The highest BCUT2D eigenvalue weighted by atomic mass is 19.4. The topological polar surface area (TPSA) is 58.1 Å². The molecule has 2 heterocycles. The summed E-state index contributed by atoms with van der Waals surface area (Å²) in [6.07, 6.45) is 1.06. The maximum Gasteiger partial charge on any atom is 0.413 e. The van der Waals surface area contributed by atoms with Crippen molar-refractivity contribution in [3.05, 3.63) is 59.9 Å². The first-order valence-corrected chi connectivity index (χ1v) is 9.66. The number of nitrogens with zero attached hydrogens (tertiary/aromatic N) is 3. The second-order valence-corrected chi connectivity index (χ2v) is 7.55. The van der Waals surface area contributed by atoms with E-state index in [2.05, 4.69) is 15.3 Å². The predicted molar refractivity (Wildman–Crippen MR) is 108 cm³/mol. The summed E-state index contributed by atoms with van der Waals surface area (Å²) in [6.45, 7) is 1.12. The molecule has 0 aliphatic heterocycles. The number of pyridine rings is 2. The second kappa shape index (κ2) is 7.59. The van der Waals surface area contributed by atoms with Crippen molar-refractivity contribution in [1.82, 2.24) is 14.9 Å².